The third-order valence-corrected chi connectivity index (χ3v) is 3.01. The van der Waals surface area contributed by atoms with E-state index in [1.54, 1.807) is 0 Å². The maximum Gasteiger partial charge on any atom is 0.223 e. The Morgan fingerprint density at radius 1 is 1.18 bits per heavy atom. The van der Waals surface area contributed by atoms with Gasteiger partial charge in [-0.15, -0.1) is 11.8 Å². The van der Waals surface area contributed by atoms with Crippen molar-refractivity contribution in [3.63, 3.8) is 0 Å². The van der Waals surface area contributed by atoms with E-state index in [1.807, 2.05) is 36.0 Å². The predicted octanol–water partition coefficient (Wildman–Crippen LogP) is 1.41. The quantitative estimate of drug-likeness (QED) is 0.427. The third kappa shape index (κ3) is 5.26. The molecule has 1 rings (SSSR count). The van der Waals surface area contributed by atoms with Gasteiger partial charge in [0.2, 0.25) is 5.96 Å². The van der Waals surface area contributed by atoms with Crippen LogP contribution in [0.25, 0.3) is 0 Å². The summed E-state index contributed by atoms with van der Waals surface area (Å²) in [5, 5.41) is 0. The monoisotopic (exact) mass is 251 g/mol. The van der Waals surface area contributed by atoms with Crippen LogP contribution in [0.5, 0.6) is 0 Å². The molecule has 5 nitrogen and oxygen atoms in total. The van der Waals surface area contributed by atoms with E-state index < -0.39 is 0 Å². The molecule has 0 unspecified atom stereocenters. The van der Waals surface area contributed by atoms with Gasteiger partial charge in [-0.25, -0.2) is 4.99 Å². The van der Waals surface area contributed by atoms with Crippen LogP contribution < -0.4 is 17.2 Å². The van der Waals surface area contributed by atoms with Gasteiger partial charge in [0.1, 0.15) is 0 Å². The van der Waals surface area contributed by atoms with Gasteiger partial charge < -0.3 is 17.2 Å². The molecular formula is C11H17N5S. The van der Waals surface area contributed by atoms with E-state index in [9.17, 15) is 0 Å². The van der Waals surface area contributed by atoms with Crippen molar-refractivity contribution < 1.29 is 0 Å². The summed E-state index contributed by atoms with van der Waals surface area (Å²) in [5.74, 6) is 1.07. The van der Waals surface area contributed by atoms with Gasteiger partial charge in [0.25, 0.3) is 0 Å². The second kappa shape index (κ2) is 6.80. The van der Waals surface area contributed by atoms with Crippen molar-refractivity contribution in [2.45, 2.75) is 18.2 Å². The second-order valence-corrected chi connectivity index (χ2v) is 4.52. The summed E-state index contributed by atoms with van der Waals surface area (Å²) in [6.45, 7) is 2.15. The van der Waals surface area contributed by atoms with Crippen molar-refractivity contribution in [2.24, 2.45) is 27.2 Å². The standard InChI is InChI=1S/C11H17N5S/c1-2-7-17-9-5-3-8(4-6-9)15-11(14)16-10(12)13/h3-6H,2,7H2,1H3,(H6,12,13,14,15,16). The summed E-state index contributed by atoms with van der Waals surface area (Å²) in [7, 11) is 0. The van der Waals surface area contributed by atoms with Gasteiger partial charge in [0, 0.05) is 4.90 Å². The fraction of sp³-hybridized carbons (Fsp3) is 0.273. The zero-order valence-corrected chi connectivity index (χ0v) is 10.6. The summed E-state index contributed by atoms with van der Waals surface area (Å²) in [5.41, 5.74) is 16.6. The van der Waals surface area contributed by atoms with E-state index in [-0.39, 0.29) is 11.9 Å². The molecule has 0 saturated heterocycles. The van der Waals surface area contributed by atoms with Gasteiger partial charge in [0.15, 0.2) is 5.96 Å². The Bertz CT molecular complexity index is 406. The molecule has 0 fully saturated rings. The Balaban J connectivity index is 2.71. The zero-order chi connectivity index (χ0) is 12.7. The van der Waals surface area contributed by atoms with E-state index >= 15 is 0 Å². The smallest absolute Gasteiger partial charge is 0.223 e. The van der Waals surface area contributed by atoms with E-state index in [0.29, 0.717) is 0 Å². The van der Waals surface area contributed by atoms with E-state index in [1.165, 1.54) is 4.90 Å². The van der Waals surface area contributed by atoms with Crippen LogP contribution in [0.2, 0.25) is 0 Å². The van der Waals surface area contributed by atoms with Crippen molar-refractivity contribution >= 4 is 29.4 Å². The molecular weight excluding hydrogens is 234 g/mol. The summed E-state index contributed by atoms with van der Waals surface area (Å²) >= 11 is 1.81. The van der Waals surface area contributed by atoms with Crippen LogP contribution in [0.1, 0.15) is 13.3 Å². The number of rotatable bonds is 4. The molecule has 0 amide bonds. The van der Waals surface area contributed by atoms with E-state index in [4.69, 9.17) is 17.2 Å². The Labute approximate surface area is 105 Å². The Hall–Kier alpha value is -1.69. The van der Waals surface area contributed by atoms with Crippen molar-refractivity contribution in [3.8, 4) is 0 Å². The van der Waals surface area contributed by atoms with Crippen molar-refractivity contribution in [2.75, 3.05) is 5.75 Å². The molecule has 17 heavy (non-hydrogen) atoms. The lowest BCUT2D eigenvalue weighted by atomic mass is 10.3. The lowest BCUT2D eigenvalue weighted by Gasteiger charge is -2.00. The molecule has 0 radical (unpaired) electrons. The van der Waals surface area contributed by atoms with E-state index in [2.05, 4.69) is 16.9 Å². The normalized spacial score (nSPS) is 11.2. The highest BCUT2D eigenvalue weighted by molar-refractivity contribution is 7.99. The van der Waals surface area contributed by atoms with Crippen molar-refractivity contribution in [1.82, 2.24) is 0 Å². The van der Waals surface area contributed by atoms with Crippen LogP contribution in [0.15, 0.2) is 39.1 Å². The molecule has 0 aliphatic heterocycles. The molecule has 6 heteroatoms. The maximum absolute atomic E-state index is 5.52. The third-order valence-electron chi connectivity index (χ3n) is 1.80. The first-order chi connectivity index (χ1) is 8.11. The van der Waals surface area contributed by atoms with E-state index in [0.717, 1.165) is 17.9 Å². The predicted molar refractivity (Wildman–Crippen MR) is 74.5 cm³/mol. The SMILES string of the molecule is CCCSc1ccc(N=C(N)N=C(N)N)cc1. The molecule has 0 aliphatic rings. The largest absolute Gasteiger partial charge is 0.370 e. The molecule has 6 N–H and O–H groups in total. The van der Waals surface area contributed by atoms with Gasteiger partial charge in [-0.1, -0.05) is 6.92 Å². The lowest BCUT2D eigenvalue weighted by molar-refractivity contribution is 1.10. The highest BCUT2D eigenvalue weighted by atomic mass is 32.2. The minimum absolute atomic E-state index is 0.0546. The second-order valence-electron chi connectivity index (χ2n) is 3.35. The number of aliphatic imine (C=N–C) groups is 2. The average Bonchev–Trinajstić information content (AvgIpc) is 2.27. The van der Waals surface area contributed by atoms with Crippen LogP contribution in [0.4, 0.5) is 5.69 Å². The molecule has 0 saturated carbocycles. The minimum Gasteiger partial charge on any atom is -0.370 e. The summed E-state index contributed by atoms with van der Waals surface area (Å²) in [6, 6.07) is 7.77. The number of benzene rings is 1. The van der Waals surface area contributed by atoms with Gasteiger partial charge in [-0.05, 0) is 36.4 Å². The average molecular weight is 251 g/mol. The zero-order valence-electron chi connectivity index (χ0n) is 9.76. The minimum atomic E-state index is -0.0960. The first-order valence-corrected chi connectivity index (χ1v) is 6.27. The fourth-order valence-electron chi connectivity index (χ4n) is 1.13. The number of nitrogens with two attached hydrogens (primary N) is 3. The summed E-state index contributed by atoms with van der Waals surface area (Å²) in [6.07, 6.45) is 1.15. The molecule has 0 atom stereocenters. The van der Waals surface area contributed by atoms with Crippen LogP contribution in [-0.4, -0.2) is 17.7 Å². The van der Waals surface area contributed by atoms with Gasteiger partial charge in [-0.2, -0.15) is 4.99 Å². The first-order valence-electron chi connectivity index (χ1n) is 5.28. The molecule has 1 aromatic carbocycles. The van der Waals surface area contributed by atoms with Crippen LogP contribution in [0.3, 0.4) is 0 Å². The summed E-state index contributed by atoms with van der Waals surface area (Å²) < 4.78 is 0. The van der Waals surface area contributed by atoms with Gasteiger partial charge >= 0.3 is 0 Å². The molecule has 0 spiro atoms. The maximum atomic E-state index is 5.52. The number of nitrogens with zero attached hydrogens (tertiary/aromatic N) is 2. The summed E-state index contributed by atoms with van der Waals surface area (Å²) in [4.78, 5) is 8.91. The Morgan fingerprint density at radius 3 is 2.35 bits per heavy atom. The molecule has 0 bridgehead atoms. The van der Waals surface area contributed by atoms with Crippen molar-refractivity contribution in [1.29, 1.82) is 0 Å². The molecule has 1 aromatic rings. The van der Waals surface area contributed by atoms with Crippen LogP contribution in [0, 0.1) is 0 Å². The highest BCUT2D eigenvalue weighted by Gasteiger charge is 1.95. The topological polar surface area (TPSA) is 103 Å². The molecule has 0 aromatic heterocycles. The van der Waals surface area contributed by atoms with Gasteiger partial charge in [0.05, 0.1) is 5.69 Å². The molecule has 92 valence electrons. The molecule has 0 aliphatic carbocycles. The Morgan fingerprint density at radius 2 is 1.82 bits per heavy atom. The fourth-order valence-corrected chi connectivity index (χ4v) is 1.89. The van der Waals surface area contributed by atoms with Crippen LogP contribution >= 0.6 is 11.8 Å². The number of hydrogen-bond acceptors (Lipinski definition) is 2. The Kier molecular flexibility index (Phi) is 5.35. The number of guanidine groups is 2. The van der Waals surface area contributed by atoms with Crippen molar-refractivity contribution in [3.05, 3.63) is 24.3 Å². The lowest BCUT2D eigenvalue weighted by Crippen LogP contribution is -2.26. The first kappa shape index (κ1) is 13.4. The van der Waals surface area contributed by atoms with Crippen LogP contribution in [-0.2, 0) is 0 Å². The van der Waals surface area contributed by atoms with Gasteiger partial charge in [-0.3, -0.25) is 0 Å². The highest BCUT2D eigenvalue weighted by Crippen LogP contribution is 2.22. The number of thioether (sulfide) groups is 1. The molecule has 0 heterocycles. The number of hydrogen-bond donors (Lipinski definition) is 3.